The second-order valence-electron chi connectivity index (χ2n) is 9.52. The van der Waals surface area contributed by atoms with Crippen molar-refractivity contribution >= 4 is 11.9 Å². The molecule has 2 atom stereocenters. The molecule has 1 aliphatic rings. The predicted octanol–water partition coefficient (Wildman–Crippen LogP) is 7.23. The Kier molecular flexibility index (Phi) is 11.6. The maximum atomic E-state index is 12.3. The molecule has 2 N–H and O–H groups in total. The van der Waals surface area contributed by atoms with Crippen LogP contribution in [0.3, 0.4) is 0 Å². The standard InChI is InChI=1S/C25H44O4/c1-4-17-24(22(26)27)19-14-15-20-25(24,23(28)29)18-13-11-9-7-5-6-8-10-12-16-21(2)3/h14-15,21H,4-13,16-20H2,1-3H3,(H,26,27)(H,28,29). The molecule has 0 saturated carbocycles. The average Bonchev–Trinajstić information content (AvgIpc) is 2.66. The Hall–Kier alpha value is -1.32. The molecule has 0 fully saturated rings. The molecule has 0 aliphatic heterocycles. The van der Waals surface area contributed by atoms with Crippen molar-refractivity contribution in [3.63, 3.8) is 0 Å². The van der Waals surface area contributed by atoms with Gasteiger partial charge in [-0.3, -0.25) is 9.59 Å². The summed E-state index contributed by atoms with van der Waals surface area (Å²) < 4.78 is 0. The number of unbranched alkanes of at least 4 members (excludes halogenated alkanes) is 8. The van der Waals surface area contributed by atoms with Gasteiger partial charge in [0.05, 0.1) is 10.8 Å². The third-order valence-electron chi connectivity index (χ3n) is 6.90. The molecule has 29 heavy (non-hydrogen) atoms. The monoisotopic (exact) mass is 408 g/mol. The molecule has 0 bridgehead atoms. The summed E-state index contributed by atoms with van der Waals surface area (Å²) in [5.41, 5.74) is -2.33. The van der Waals surface area contributed by atoms with E-state index >= 15 is 0 Å². The fourth-order valence-electron chi connectivity index (χ4n) is 5.08. The van der Waals surface area contributed by atoms with Crippen LogP contribution in [0.25, 0.3) is 0 Å². The molecular formula is C25H44O4. The summed E-state index contributed by atoms with van der Waals surface area (Å²) in [4.78, 5) is 24.5. The Labute approximate surface area is 178 Å². The van der Waals surface area contributed by atoms with E-state index in [1.54, 1.807) is 0 Å². The molecule has 2 unspecified atom stereocenters. The van der Waals surface area contributed by atoms with E-state index in [9.17, 15) is 19.8 Å². The van der Waals surface area contributed by atoms with Gasteiger partial charge in [0.2, 0.25) is 0 Å². The summed E-state index contributed by atoms with van der Waals surface area (Å²) in [5.74, 6) is -1.07. The third kappa shape index (κ3) is 7.15. The van der Waals surface area contributed by atoms with Gasteiger partial charge in [-0.1, -0.05) is 104 Å². The van der Waals surface area contributed by atoms with Gasteiger partial charge in [0, 0.05) is 0 Å². The lowest BCUT2D eigenvalue weighted by molar-refractivity contribution is -0.177. The molecule has 0 aromatic carbocycles. The summed E-state index contributed by atoms with van der Waals surface area (Å²) in [6.45, 7) is 6.50. The third-order valence-corrected chi connectivity index (χ3v) is 6.90. The van der Waals surface area contributed by atoms with Crippen LogP contribution in [0.5, 0.6) is 0 Å². The van der Waals surface area contributed by atoms with Gasteiger partial charge >= 0.3 is 11.9 Å². The number of allylic oxidation sites excluding steroid dienone is 2. The zero-order chi connectivity index (χ0) is 21.8. The van der Waals surface area contributed by atoms with E-state index in [2.05, 4.69) is 13.8 Å². The van der Waals surface area contributed by atoms with Crippen LogP contribution in [-0.4, -0.2) is 22.2 Å². The van der Waals surface area contributed by atoms with Crippen molar-refractivity contribution in [3.8, 4) is 0 Å². The van der Waals surface area contributed by atoms with Gasteiger partial charge in [0.25, 0.3) is 0 Å². The molecule has 1 rings (SSSR count). The number of aliphatic carboxylic acids is 2. The zero-order valence-corrected chi connectivity index (χ0v) is 19.0. The first-order valence-corrected chi connectivity index (χ1v) is 11.9. The number of hydrogen-bond donors (Lipinski definition) is 2. The van der Waals surface area contributed by atoms with Crippen LogP contribution in [0.1, 0.15) is 117 Å². The van der Waals surface area contributed by atoms with Crippen LogP contribution in [0.4, 0.5) is 0 Å². The van der Waals surface area contributed by atoms with Crippen molar-refractivity contribution in [2.24, 2.45) is 16.7 Å². The number of rotatable bonds is 16. The Balaban J connectivity index is 2.43. The number of hydrogen-bond acceptors (Lipinski definition) is 2. The van der Waals surface area contributed by atoms with Crippen molar-refractivity contribution in [3.05, 3.63) is 12.2 Å². The van der Waals surface area contributed by atoms with Gasteiger partial charge in [-0.05, 0) is 31.6 Å². The van der Waals surface area contributed by atoms with Gasteiger partial charge < -0.3 is 10.2 Å². The van der Waals surface area contributed by atoms with Crippen LogP contribution in [0.15, 0.2) is 12.2 Å². The lowest BCUT2D eigenvalue weighted by Crippen LogP contribution is -2.53. The van der Waals surface area contributed by atoms with Gasteiger partial charge in [-0.2, -0.15) is 0 Å². The maximum absolute atomic E-state index is 12.3. The molecule has 0 heterocycles. The molecule has 0 radical (unpaired) electrons. The van der Waals surface area contributed by atoms with Crippen molar-refractivity contribution in [1.29, 1.82) is 0 Å². The number of carbonyl (C=O) groups is 2. The summed E-state index contributed by atoms with van der Waals surface area (Å²) in [7, 11) is 0. The first-order valence-electron chi connectivity index (χ1n) is 11.9. The van der Waals surface area contributed by atoms with E-state index in [1.807, 2.05) is 19.1 Å². The Bertz CT molecular complexity index is 525. The van der Waals surface area contributed by atoms with Gasteiger partial charge in [0.15, 0.2) is 0 Å². The zero-order valence-electron chi connectivity index (χ0n) is 19.0. The van der Waals surface area contributed by atoms with E-state index in [4.69, 9.17) is 0 Å². The fraction of sp³-hybridized carbons (Fsp3) is 0.840. The van der Waals surface area contributed by atoms with Crippen LogP contribution in [0, 0.1) is 16.7 Å². The molecule has 0 amide bonds. The van der Waals surface area contributed by atoms with E-state index in [0.717, 1.165) is 25.2 Å². The highest BCUT2D eigenvalue weighted by Crippen LogP contribution is 2.54. The first kappa shape index (κ1) is 25.7. The average molecular weight is 409 g/mol. The molecule has 0 spiro atoms. The first-order chi connectivity index (χ1) is 13.8. The number of carboxylic acid groups (broad SMARTS) is 2. The van der Waals surface area contributed by atoms with E-state index < -0.39 is 22.8 Å². The summed E-state index contributed by atoms with van der Waals surface area (Å²) in [6.07, 6.45) is 18.0. The van der Waals surface area contributed by atoms with E-state index in [-0.39, 0.29) is 0 Å². The Morgan fingerprint density at radius 1 is 0.759 bits per heavy atom. The smallest absolute Gasteiger partial charge is 0.311 e. The quantitative estimate of drug-likeness (QED) is 0.209. The molecular weight excluding hydrogens is 364 g/mol. The van der Waals surface area contributed by atoms with Crippen LogP contribution in [-0.2, 0) is 9.59 Å². The SMILES string of the molecule is CCCC1(C(=O)O)CC=CCC1(CCCCCCCCCCCC(C)C)C(=O)O. The minimum absolute atomic E-state index is 0.333. The van der Waals surface area contributed by atoms with Crippen molar-refractivity contribution in [2.75, 3.05) is 0 Å². The van der Waals surface area contributed by atoms with Crippen LogP contribution in [0.2, 0.25) is 0 Å². The minimum atomic E-state index is -1.17. The topological polar surface area (TPSA) is 74.6 Å². The van der Waals surface area contributed by atoms with Crippen LogP contribution < -0.4 is 0 Å². The highest BCUT2D eigenvalue weighted by atomic mass is 16.4. The van der Waals surface area contributed by atoms with Gasteiger partial charge in [0.1, 0.15) is 0 Å². The highest BCUT2D eigenvalue weighted by Gasteiger charge is 2.60. The van der Waals surface area contributed by atoms with E-state index in [0.29, 0.717) is 32.1 Å². The molecule has 4 heteroatoms. The lowest BCUT2D eigenvalue weighted by Gasteiger charge is -2.46. The summed E-state index contributed by atoms with van der Waals surface area (Å²) >= 11 is 0. The van der Waals surface area contributed by atoms with E-state index in [1.165, 1.54) is 44.9 Å². The normalized spacial score (nSPS) is 24.1. The van der Waals surface area contributed by atoms with Gasteiger partial charge in [-0.15, -0.1) is 0 Å². The molecule has 4 nitrogen and oxygen atoms in total. The number of carboxylic acids is 2. The largest absolute Gasteiger partial charge is 0.481 e. The second-order valence-corrected chi connectivity index (χ2v) is 9.52. The predicted molar refractivity (Wildman–Crippen MR) is 119 cm³/mol. The summed E-state index contributed by atoms with van der Waals surface area (Å²) in [5, 5.41) is 20.1. The molecule has 0 aromatic heterocycles. The fourth-order valence-corrected chi connectivity index (χ4v) is 5.08. The highest BCUT2D eigenvalue weighted by molar-refractivity contribution is 5.87. The van der Waals surface area contributed by atoms with Crippen molar-refractivity contribution < 1.29 is 19.8 Å². The van der Waals surface area contributed by atoms with Crippen LogP contribution >= 0.6 is 0 Å². The molecule has 1 aliphatic carbocycles. The molecule has 0 saturated heterocycles. The molecule has 168 valence electrons. The second kappa shape index (κ2) is 13.1. The Morgan fingerprint density at radius 2 is 1.17 bits per heavy atom. The minimum Gasteiger partial charge on any atom is -0.481 e. The Morgan fingerprint density at radius 3 is 1.59 bits per heavy atom. The van der Waals surface area contributed by atoms with Gasteiger partial charge in [-0.25, -0.2) is 0 Å². The van der Waals surface area contributed by atoms with Crippen molar-refractivity contribution in [1.82, 2.24) is 0 Å². The van der Waals surface area contributed by atoms with Crippen molar-refractivity contribution in [2.45, 2.75) is 117 Å². The maximum Gasteiger partial charge on any atom is 0.311 e. The lowest BCUT2D eigenvalue weighted by atomic mass is 9.54. The summed E-state index contributed by atoms with van der Waals surface area (Å²) in [6, 6.07) is 0. The molecule has 0 aromatic rings.